The van der Waals surface area contributed by atoms with Crippen LogP contribution in [0.4, 0.5) is 11.4 Å². The molecule has 0 amide bonds. The molecule has 2 aromatic rings. The summed E-state index contributed by atoms with van der Waals surface area (Å²) in [6.45, 7) is 8.02. The zero-order valence-corrected chi connectivity index (χ0v) is 17.5. The van der Waals surface area contributed by atoms with Crippen molar-refractivity contribution in [2.75, 3.05) is 31.1 Å². The van der Waals surface area contributed by atoms with Crippen LogP contribution < -0.4 is 14.7 Å². The van der Waals surface area contributed by atoms with Gasteiger partial charge in [-0.05, 0) is 42.7 Å². The number of halogens is 1. The fourth-order valence-corrected chi connectivity index (χ4v) is 6.12. The molecule has 0 saturated carbocycles. The number of hydrogen-bond acceptors (Lipinski definition) is 3. The third-order valence-corrected chi connectivity index (χ3v) is 7.68. The molecule has 0 aliphatic carbocycles. The van der Waals surface area contributed by atoms with Crippen LogP contribution in [0.25, 0.3) is 0 Å². The number of hydrogen-bond donors (Lipinski definition) is 1. The van der Waals surface area contributed by atoms with E-state index in [9.17, 15) is 0 Å². The van der Waals surface area contributed by atoms with Gasteiger partial charge in [0.25, 0.3) is 0 Å². The summed E-state index contributed by atoms with van der Waals surface area (Å²) in [5, 5.41) is 4.22. The normalized spacial score (nSPS) is 29.9. The van der Waals surface area contributed by atoms with Gasteiger partial charge in [-0.15, -0.1) is 0 Å². The van der Waals surface area contributed by atoms with Crippen LogP contribution in [0.2, 0.25) is 5.15 Å². The highest BCUT2D eigenvalue weighted by atomic mass is 35.5. The largest absolute Gasteiger partial charge is 0.364 e. The molecule has 2 fully saturated rings. The molecular weight excluding hydrogens is 368 g/mol. The summed E-state index contributed by atoms with van der Waals surface area (Å²) in [4.78, 5) is 6.62. The highest BCUT2D eigenvalue weighted by Crippen LogP contribution is 2.41. The van der Waals surface area contributed by atoms with Gasteiger partial charge in [0.15, 0.2) is 5.15 Å². The second kappa shape index (κ2) is 7.33. The van der Waals surface area contributed by atoms with Gasteiger partial charge < -0.3 is 10.2 Å². The van der Waals surface area contributed by atoms with E-state index >= 15 is 0 Å². The number of pyridine rings is 1. The van der Waals surface area contributed by atoms with Gasteiger partial charge in [0.05, 0.1) is 18.3 Å². The molecule has 1 aromatic heterocycles. The van der Waals surface area contributed by atoms with Gasteiger partial charge >= 0.3 is 0 Å². The van der Waals surface area contributed by atoms with Crippen molar-refractivity contribution in [3.05, 3.63) is 52.8 Å². The Morgan fingerprint density at radius 2 is 2.14 bits per heavy atom. The number of anilines is 1. The van der Waals surface area contributed by atoms with E-state index in [2.05, 4.69) is 46.4 Å². The van der Waals surface area contributed by atoms with Gasteiger partial charge in [0.2, 0.25) is 0 Å². The van der Waals surface area contributed by atoms with Crippen LogP contribution >= 0.6 is 11.6 Å². The minimum atomic E-state index is 0.603. The molecule has 0 bridgehead atoms. The lowest BCUT2D eigenvalue weighted by molar-refractivity contribution is 0.203. The first-order valence-corrected chi connectivity index (χ1v) is 11.1. The van der Waals surface area contributed by atoms with Crippen molar-refractivity contribution in [1.82, 2.24) is 14.8 Å². The highest BCUT2D eigenvalue weighted by Gasteiger charge is 2.48. The van der Waals surface area contributed by atoms with Gasteiger partial charge in [0.1, 0.15) is 11.7 Å². The molecule has 2 saturated heterocycles. The number of fused-ring (bicyclic) bond motifs is 1. The Bertz CT molecular complexity index is 863. The molecule has 5 rings (SSSR count). The molecule has 3 aliphatic heterocycles. The van der Waals surface area contributed by atoms with E-state index in [-0.39, 0.29) is 0 Å². The first kappa shape index (κ1) is 18.4. The summed E-state index contributed by atoms with van der Waals surface area (Å²) < 4.78 is 1.19. The van der Waals surface area contributed by atoms with Gasteiger partial charge in [-0.25, -0.2) is 4.98 Å². The minimum absolute atomic E-state index is 0.603. The maximum Gasteiger partial charge on any atom is 0.152 e. The molecule has 0 spiro atoms. The zero-order valence-electron chi connectivity index (χ0n) is 16.7. The predicted molar refractivity (Wildman–Crippen MR) is 117 cm³/mol. The van der Waals surface area contributed by atoms with E-state index in [1.807, 2.05) is 6.07 Å². The van der Waals surface area contributed by atoms with E-state index in [1.165, 1.54) is 48.0 Å². The highest BCUT2D eigenvalue weighted by molar-refractivity contribution is 6.32. The molecule has 3 aliphatic rings. The van der Waals surface area contributed by atoms with E-state index in [0.29, 0.717) is 5.15 Å². The lowest BCUT2D eigenvalue weighted by Crippen LogP contribution is -2.59. The van der Waals surface area contributed by atoms with Crippen molar-refractivity contribution < 1.29 is 0 Å². The van der Waals surface area contributed by atoms with Crippen LogP contribution in [0.15, 0.2) is 36.5 Å². The number of quaternary nitrogens is 1. The van der Waals surface area contributed by atoms with Gasteiger partial charge in [-0.2, -0.15) is 0 Å². The quantitative estimate of drug-likeness (QED) is 0.623. The molecule has 1 N–H and O–H groups in total. The summed E-state index contributed by atoms with van der Waals surface area (Å²) in [5.41, 5.74) is 5.55. The first-order valence-electron chi connectivity index (χ1n) is 10.7. The fraction of sp³-hybridized carbons (Fsp3) is 0.522. The van der Waals surface area contributed by atoms with Gasteiger partial charge in [0, 0.05) is 57.7 Å². The SMILES string of the molecule is C[C@H]1CCC[N+]1(c1ccc2c(c1)CCN(c1cccnc1Cl)C2)[C@H]1CCNC1. The Labute approximate surface area is 173 Å². The number of rotatable bonds is 3. The summed E-state index contributed by atoms with van der Waals surface area (Å²) >= 11 is 6.34. The summed E-state index contributed by atoms with van der Waals surface area (Å²) in [6, 6.07) is 12.8. The van der Waals surface area contributed by atoms with Crippen molar-refractivity contribution in [3.8, 4) is 0 Å². The molecule has 4 nitrogen and oxygen atoms in total. The van der Waals surface area contributed by atoms with E-state index in [4.69, 9.17) is 11.6 Å². The molecule has 5 heteroatoms. The van der Waals surface area contributed by atoms with Crippen molar-refractivity contribution in [1.29, 1.82) is 0 Å². The van der Waals surface area contributed by atoms with Crippen LogP contribution in [0.3, 0.4) is 0 Å². The van der Waals surface area contributed by atoms with Crippen LogP contribution in [0, 0.1) is 0 Å². The number of nitrogens with zero attached hydrogens (tertiary/aromatic N) is 3. The Morgan fingerprint density at radius 1 is 1.21 bits per heavy atom. The second-order valence-electron chi connectivity index (χ2n) is 8.73. The Balaban J connectivity index is 1.46. The van der Waals surface area contributed by atoms with Gasteiger partial charge in [-0.1, -0.05) is 17.7 Å². The number of likely N-dealkylation sites (tertiary alicyclic amines) is 1. The minimum Gasteiger partial charge on any atom is -0.364 e. The summed E-state index contributed by atoms with van der Waals surface area (Å²) in [7, 11) is 0. The lowest BCUT2D eigenvalue weighted by Gasteiger charge is -2.44. The van der Waals surface area contributed by atoms with Crippen LogP contribution in [0.1, 0.15) is 37.3 Å². The second-order valence-corrected chi connectivity index (χ2v) is 9.09. The van der Waals surface area contributed by atoms with Gasteiger partial charge in [-0.3, -0.25) is 4.48 Å². The molecule has 4 heterocycles. The molecule has 28 heavy (non-hydrogen) atoms. The standard InChI is InChI=1S/C23H30ClN4/c1-17-4-3-13-28(17,21-8-11-25-15-21)20-7-6-19-16-27(12-9-18(19)14-20)22-5-2-10-26-23(22)24/h2,5-7,10,14,17,21,25H,3-4,8-9,11-13,15-16H2,1H3/q+1/t17-,21-,28?/m0/s1. The van der Waals surface area contributed by atoms with Crippen molar-refractivity contribution in [3.63, 3.8) is 0 Å². The lowest BCUT2D eigenvalue weighted by atomic mass is 9.96. The average molecular weight is 398 g/mol. The monoisotopic (exact) mass is 397 g/mol. The first-order chi connectivity index (χ1) is 13.7. The van der Waals surface area contributed by atoms with Crippen LogP contribution in [-0.4, -0.2) is 43.2 Å². The molecular formula is C23H30ClN4+. The van der Waals surface area contributed by atoms with E-state index < -0.39 is 0 Å². The maximum absolute atomic E-state index is 6.34. The Morgan fingerprint density at radius 3 is 2.89 bits per heavy atom. The van der Waals surface area contributed by atoms with E-state index in [0.717, 1.165) is 43.8 Å². The number of nitrogens with one attached hydrogen (secondary N) is 1. The number of benzene rings is 1. The summed E-state index contributed by atoms with van der Waals surface area (Å²) in [5.74, 6) is 0. The zero-order chi connectivity index (χ0) is 19.1. The van der Waals surface area contributed by atoms with Crippen LogP contribution in [0.5, 0.6) is 0 Å². The van der Waals surface area contributed by atoms with Crippen molar-refractivity contribution >= 4 is 23.0 Å². The molecule has 1 aromatic carbocycles. The maximum atomic E-state index is 6.34. The fourth-order valence-electron chi connectivity index (χ4n) is 5.89. The Hall–Kier alpha value is -1.62. The van der Waals surface area contributed by atoms with E-state index in [1.54, 1.807) is 11.9 Å². The third kappa shape index (κ3) is 2.94. The number of aromatic nitrogens is 1. The smallest absolute Gasteiger partial charge is 0.152 e. The van der Waals surface area contributed by atoms with Crippen molar-refractivity contribution in [2.24, 2.45) is 0 Å². The molecule has 3 atom stereocenters. The molecule has 0 radical (unpaired) electrons. The topological polar surface area (TPSA) is 28.2 Å². The predicted octanol–water partition coefficient (Wildman–Crippen LogP) is 4.15. The third-order valence-electron chi connectivity index (χ3n) is 7.39. The molecule has 148 valence electrons. The summed E-state index contributed by atoms with van der Waals surface area (Å²) in [6.07, 6.45) is 6.83. The molecule has 1 unspecified atom stereocenters. The average Bonchev–Trinajstić information content (AvgIpc) is 3.38. The van der Waals surface area contributed by atoms with Crippen LogP contribution in [-0.2, 0) is 13.0 Å². The van der Waals surface area contributed by atoms with Crippen molar-refractivity contribution in [2.45, 2.75) is 51.2 Å². The Kier molecular flexibility index (Phi) is 4.82.